The van der Waals surface area contributed by atoms with Crippen LogP contribution < -0.4 is 5.32 Å². The van der Waals surface area contributed by atoms with Crippen molar-refractivity contribution in [3.05, 3.63) is 0 Å². The van der Waals surface area contributed by atoms with Crippen molar-refractivity contribution in [2.24, 2.45) is 0 Å². The maximum Gasteiger partial charge on any atom is 0.0623 e. The summed E-state index contributed by atoms with van der Waals surface area (Å²) in [4.78, 5) is 5.22. The van der Waals surface area contributed by atoms with Crippen molar-refractivity contribution < 1.29 is 5.11 Å². The molecule has 2 N–H and O–H groups in total. The number of hydrogen-bond acceptors (Lipinski definition) is 4. The van der Waals surface area contributed by atoms with Crippen LogP contribution >= 0.6 is 0 Å². The molecule has 112 valence electrons. The molecular weight excluding hydrogens is 238 g/mol. The summed E-state index contributed by atoms with van der Waals surface area (Å²) in [6.45, 7) is 12.4. The molecule has 3 unspecified atom stereocenters. The van der Waals surface area contributed by atoms with Gasteiger partial charge < -0.3 is 10.4 Å². The van der Waals surface area contributed by atoms with E-state index in [4.69, 9.17) is 0 Å². The van der Waals surface area contributed by atoms with Crippen LogP contribution in [0.1, 0.15) is 40.0 Å². The summed E-state index contributed by atoms with van der Waals surface area (Å²) in [5.41, 5.74) is -0.162. The highest BCUT2D eigenvalue weighted by atomic mass is 16.3. The number of piperazine rings is 1. The van der Waals surface area contributed by atoms with Crippen LogP contribution in [0.4, 0.5) is 0 Å². The molecule has 2 aliphatic rings. The minimum Gasteiger partial charge on any atom is -0.394 e. The topological polar surface area (TPSA) is 38.7 Å². The molecule has 0 aromatic heterocycles. The summed E-state index contributed by atoms with van der Waals surface area (Å²) in [7, 11) is 0. The summed E-state index contributed by atoms with van der Waals surface area (Å²) < 4.78 is 0. The van der Waals surface area contributed by atoms with E-state index in [1.165, 1.54) is 32.5 Å². The minimum absolute atomic E-state index is 0.162. The lowest BCUT2D eigenvalue weighted by molar-refractivity contribution is 0.0271. The molecule has 2 rings (SSSR count). The van der Waals surface area contributed by atoms with Gasteiger partial charge in [-0.3, -0.25) is 9.80 Å². The molecule has 0 aliphatic carbocycles. The van der Waals surface area contributed by atoms with E-state index in [9.17, 15) is 5.11 Å². The van der Waals surface area contributed by atoms with Crippen molar-refractivity contribution in [2.75, 3.05) is 39.3 Å². The highest BCUT2D eigenvalue weighted by Crippen LogP contribution is 2.25. The molecule has 2 heterocycles. The molecule has 2 saturated heterocycles. The van der Waals surface area contributed by atoms with Crippen molar-refractivity contribution in [1.29, 1.82) is 0 Å². The lowest BCUT2D eigenvalue weighted by Gasteiger charge is -2.45. The van der Waals surface area contributed by atoms with Gasteiger partial charge in [0.05, 0.1) is 12.1 Å². The van der Waals surface area contributed by atoms with E-state index in [2.05, 4.69) is 35.9 Å². The molecule has 2 aliphatic heterocycles. The van der Waals surface area contributed by atoms with Crippen LogP contribution in [0.3, 0.4) is 0 Å². The summed E-state index contributed by atoms with van der Waals surface area (Å²) in [6, 6.07) is 1.36. The normalized spacial score (nSPS) is 32.2. The smallest absolute Gasteiger partial charge is 0.0623 e. The fourth-order valence-corrected chi connectivity index (χ4v) is 3.50. The van der Waals surface area contributed by atoms with Gasteiger partial charge in [-0.15, -0.1) is 0 Å². The number of aliphatic hydroxyl groups excluding tert-OH is 1. The van der Waals surface area contributed by atoms with Crippen molar-refractivity contribution in [3.8, 4) is 0 Å². The standard InChI is InChI=1S/C15H31N3O/c1-4-7-16-15(3,12-19)11-18-10-14-6-5-8-17(14)9-13(18)2/h13-14,16,19H,4-12H2,1-3H3. The quantitative estimate of drug-likeness (QED) is 0.752. The molecule has 4 nitrogen and oxygen atoms in total. The van der Waals surface area contributed by atoms with Gasteiger partial charge in [0.2, 0.25) is 0 Å². The Balaban J connectivity index is 1.92. The fraction of sp³-hybridized carbons (Fsp3) is 1.00. The molecule has 0 spiro atoms. The lowest BCUT2D eigenvalue weighted by atomic mass is 9.99. The first-order valence-corrected chi connectivity index (χ1v) is 7.92. The zero-order chi connectivity index (χ0) is 13.9. The van der Waals surface area contributed by atoms with Gasteiger partial charge in [-0.25, -0.2) is 0 Å². The van der Waals surface area contributed by atoms with E-state index in [-0.39, 0.29) is 12.1 Å². The molecular formula is C15H31N3O. The van der Waals surface area contributed by atoms with Crippen molar-refractivity contribution in [1.82, 2.24) is 15.1 Å². The third-order valence-corrected chi connectivity index (χ3v) is 4.77. The van der Waals surface area contributed by atoms with E-state index in [0.29, 0.717) is 6.04 Å². The number of nitrogens with zero attached hydrogens (tertiary/aromatic N) is 2. The maximum atomic E-state index is 9.72. The molecule has 0 aromatic rings. The Kier molecular flexibility index (Phi) is 5.23. The Morgan fingerprint density at radius 3 is 2.84 bits per heavy atom. The zero-order valence-electron chi connectivity index (χ0n) is 12.9. The second-order valence-corrected chi connectivity index (χ2v) is 6.72. The van der Waals surface area contributed by atoms with Gasteiger partial charge in [0.25, 0.3) is 0 Å². The predicted octanol–water partition coefficient (Wildman–Crippen LogP) is 0.906. The van der Waals surface area contributed by atoms with Gasteiger partial charge in [0.15, 0.2) is 0 Å². The van der Waals surface area contributed by atoms with Gasteiger partial charge in [0.1, 0.15) is 0 Å². The minimum atomic E-state index is -0.162. The van der Waals surface area contributed by atoms with Crippen LogP contribution in [0.2, 0.25) is 0 Å². The molecule has 0 amide bonds. The van der Waals surface area contributed by atoms with Crippen LogP contribution in [0.5, 0.6) is 0 Å². The highest BCUT2D eigenvalue weighted by molar-refractivity contribution is 4.95. The Morgan fingerprint density at radius 1 is 1.37 bits per heavy atom. The zero-order valence-corrected chi connectivity index (χ0v) is 12.9. The number of hydrogen-bond donors (Lipinski definition) is 2. The third kappa shape index (κ3) is 3.69. The summed E-state index contributed by atoms with van der Waals surface area (Å²) in [5, 5.41) is 13.2. The number of nitrogens with one attached hydrogen (secondary N) is 1. The molecule has 0 bridgehead atoms. The second kappa shape index (κ2) is 6.53. The van der Waals surface area contributed by atoms with E-state index in [0.717, 1.165) is 25.6 Å². The molecule has 0 aromatic carbocycles. The van der Waals surface area contributed by atoms with E-state index >= 15 is 0 Å². The molecule has 0 saturated carbocycles. The Bertz CT molecular complexity index is 287. The molecule has 4 heteroatoms. The lowest BCUT2D eigenvalue weighted by Crippen LogP contribution is -2.62. The largest absolute Gasteiger partial charge is 0.394 e. The van der Waals surface area contributed by atoms with Crippen LogP contribution in [0, 0.1) is 0 Å². The molecule has 19 heavy (non-hydrogen) atoms. The SMILES string of the molecule is CCCNC(C)(CO)CN1CC2CCCN2CC1C. The van der Waals surface area contributed by atoms with Crippen molar-refractivity contribution >= 4 is 0 Å². The first-order valence-electron chi connectivity index (χ1n) is 7.92. The Morgan fingerprint density at radius 2 is 2.16 bits per heavy atom. The molecule has 0 radical (unpaired) electrons. The van der Waals surface area contributed by atoms with E-state index in [1.54, 1.807) is 0 Å². The Labute approximate surface area is 118 Å². The first kappa shape index (κ1) is 15.2. The fourth-order valence-electron chi connectivity index (χ4n) is 3.50. The number of fused-ring (bicyclic) bond motifs is 1. The van der Waals surface area contributed by atoms with Crippen LogP contribution in [-0.4, -0.2) is 71.9 Å². The average Bonchev–Trinajstić information content (AvgIpc) is 2.84. The molecule has 2 fully saturated rings. The number of rotatable bonds is 6. The van der Waals surface area contributed by atoms with E-state index in [1.807, 2.05) is 0 Å². The summed E-state index contributed by atoms with van der Waals surface area (Å²) in [6.07, 6.45) is 3.82. The first-order chi connectivity index (χ1) is 9.08. The van der Waals surface area contributed by atoms with Gasteiger partial charge in [-0.05, 0) is 46.2 Å². The van der Waals surface area contributed by atoms with Crippen LogP contribution in [-0.2, 0) is 0 Å². The average molecular weight is 269 g/mol. The monoisotopic (exact) mass is 269 g/mol. The highest BCUT2D eigenvalue weighted by Gasteiger charge is 2.37. The van der Waals surface area contributed by atoms with Gasteiger partial charge in [0, 0.05) is 31.7 Å². The number of aliphatic hydroxyl groups is 1. The van der Waals surface area contributed by atoms with Gasteiger partial charge >= 0.3 is 0 Å². The van der Waals surface area contributed by atoms with Crippen LogP contribution in [0.25, 0.3) is 0 Å². The third-order valence-electron chi connectivity index (χ3n) is 4.77. The van der Waals surface area contributed by atoms with E-state index < -0.39 is 0 Å². The summed E-state index contributed by atoms with van der Waals surface area (Å²) in [5.74, 6) is 0. The van der Waals surface area contributed by atoms with Crippen molar-refractivity contribution in [3.63, 3.8) is 0 Å². The molecule has 3 atom stereocenters. The van der Waals surface area contributed by atoms with Crippen LogP contribution in [0.15, 0.2) is 0 Å². The second-order valence-electron chi connectivity index (χ2n) is 6.72. The van der Waals surface area contributed by atoms with Gasteiger partial charge in [-0.2, -0.15) is 0 Å². The predicted molar refractivity (Wildman–Crippen MR) is 79.4 cm³/mol. The maximum absolute atomic E-state index is 9.72. The van der Waals surface area contributed by atoms with Gasteiger partial charge in [-0.1, -0.05) is 6.92 Å². The summed E-state index contributed by atoms with van der Waals surface area (Å²) >= 11 is 0. The van der Waals surface area contributed by atoms with Crippen molar-refractivity contribution in [2.45, 2.75) is 57.7 Å². The Hall–Kier alpha value is -0.160.